The number of hydrogen-bond acceptors (Lipinski definition) is 10. The van der Waals surface area contributed by atoms with Crippen LogP contribution in [0.5, 0.6) is 0 Å². The Labute approximate surface area is 399 Å². The lowest BCUT2D eigenvalue weighted by atomic mass is 9.94. The zero-order chi connectivity index (χ0) is 49.2. The number of allylic oxidation sites excluding steroid dienone is 2. The first-order valence-electron chi connectivity index (χ1n) is 26.0. The van der Waals surface area contributed by atoms with E-state index in [2.05, 4.69) is 47.3 Å². The topological polar surface area (TPSA) is 216 Å². The quantitative estimate of drug-likeness (QED) is 0.0235. The van der Waals surface area contributed by atoms with Crippen LogP contribution in [0.2, 0.25) is 0 Å². The predicted molar refractivity (Wildman–Crippen MR) is 261 cm³/mol. The molecule has 1 fully saturated rings. The number of nitrogens with zero attached hydrogens (tertiary/aromatic N) is 1. The molecule has 1 aliphatic rings. The minimum atomic E-state index is -1.60. The van der Waals surface area contributed by atoms with Crippen LogP contribution in [0.25, 0.3) is 0 Å². The molecule has 0 spiro atoms. The second-order valence-electron chi connectivity index (χ2n) is 19.4. The molecule has 15 heteroatoms. The Hall–Kier alpha value is -3.27. The van der Waals surface area contributed by atoms with Gasteiger partial charge in [-0.05, 0) is 73.1 Å². The Balaban J connectivity index is 2.89. The molecule has 0 aromatic carbocycles. The third kappa shape index (κ3) is 28.2. The van der Waals surface area contributed by atoms with Gasteiger partial charge in [0.1, 0.15) is 42.0 Å². The van der Waals surface area contributed by atoms with Crippen LogP contribution in [-0.2, 0) is 28.7 Å². The maximum atomic E-state index is 14.1. The van der Waals surface area contributed by atoms with E-state index in [0.29, 0.717) is 19.4 Å². The minimum Gasteiger partial charge on any atom is -0.444 e. The summed E-state index contributed by atoms with van der Waals surface area (Å²) < 4.78 is 11.3. The molecule has 0 saturated carbocycles. The SMILES string of the molecule is CCCCCCCC/C=C\CCCCCCCC(=O)N(CCCCCCCCCCCCCC)[C@@H]1O[C@H](CO)[C@@H](O)[C@H](O)[C@H]1NC(=O)CNC(=O)[C@H](C)NC(=O)[C@H](C)NC(=O)OC(C)(C)C. The number of carbonyl (C=O) groups excluding carboxylic acids is 5. The Morgan fingerprint density at radius 1 is 0.652 bits per heavy atom. The summed E-state index contributed by atoms with van der Waals surface area (Å²) in [5.41, 5.74) is -0.768. The average molecular weight is 938 g/mol. The number of hydrogen-bond donors (Lipinski definition) is 7. The summed E-state index contributed by atoms with van der Waals surface area (Å²) in [5.74, 6) is -2.27. The number of alkyl carbamates (subject to hydrolysis) is 1. The number of nitrogens with one attached hydrogen (secondary N) is 4. The normalized spacial score (nSPS) is 19.5. The summed E-state index contributed by atoms with van der Waals surface area (Å²) in [4.78, 5) is 66.7. The van der Waals surface area contributed by atoms with Crippen LogP contribution >= 0.6 is 0 Å². The predicted octanol–water partition coefficient (Wildman–Crippen LogP) is 8.01. The van der Waals surface area contributed by atoms with E-state index in [1.807, 2.05) is 0 Å². The fraction of sp³-hybridized carbons (Fsp3) is 0.863. The molecule has 7 atom stereocenters. The van der Waals surface area contributed by atoms with Gasteiger partial charge in [-0.15, -0.1) is 0 Å². The standard InChI is InChI=1S/C51H95N5O10/c1-8-10-12-14-16-18-20-22-23-24-25-27-29-31-33-35-43(59)56(36-34-32-30-28-26-21-19-17-15-13-11-9-2)49-44(46(61)45(60)41(38-57)65-49)55-42(58)37-52-47(62)39(3)53-48(63)40(4)54-50(64)66-51(5,6)7/h22-23,39-41,44-46,49,57,60-61H,8-21,24-38H2,1-7H3,(H,52,62)(H,53,63)(H,54,64)(H,55,58)/b23-22-/t39-,40-,41+,44+,45+,46+,49+/m0/s1. The molecule has 0 bridgehead atoms. The number of rotatable bonds is 37. The van der Waals surface area contributed by atoms with Gasteiger partial charge in [-0.1, -0.05) is 148 Å². The lowest BCUT2D eigenvalue weighted by molar-refractivity contribution is -0.231. The van der Waals surface area contributed by atoms with E-state index in [1.165, 1.54) is 109 Å². The van der Waals surface area contributed by atoms with E-state index >= 15 is 0 Å². The first-order chi connectivity index (χ1) is 31.6. The lowest BCUT2D eigenvalue weighted by Gasteiger charge is -2.47. The van der Waals surface area contributed by atoms with Crippen LogP contribution < -0.4 is 21.3 Å². The number of aliphatic hydroxyl groups excluding tert-OH is 3. The molecule has 0 aromatic heterocycles. The van der Waals surface area contributed by atoms with Gasteiger partial charge in [0.05, 0.1) is 13.2 Å². The summed E-state index contributed by atoms with van der Waals surface area (Å²) in [6, 6.07) is -3.38. The highest BCUT2D eigenvalue weighted by Gasteiger charge is 2.48. The highest BCUT2D eigenvalue weighted by molar-refractivity contribution is 5.92. The van der Waals surface area contributed by atoms with Crippen LogP contribution in [0, 0.1) is 0 Å². The fourth-order valence-electron chi connectivity index (χ4n) is 8.04. The number of aliphatic hydroxyl groups is 3. The Bertz CT molecular complexity index is 1360. The number of carbonyl (C=O) groups is 5. The molecule has 5 amide bonds. The van der Waals surface area contributed by atoms with Crippen LogP contribution in [0.4, 0.5) is 4.79 Å². The fourth-order valence-corrected chi connectivity index (χ4v) is 8.04. The van der Waals surface area contributed by atoms with Gasteiger partial charge in [0.2, 0.25) is 23.6 Å². The maximum Gasteiger partial charge on any atom is 0.408 e. The second kappa shape index (κ2) is 36.7. The summed E-state index contributed by atoms with van der Waals surface area (Å²) in [5, 5.41) is 42.4. The molecule has 384 valence electrons. The molecule has 1 rings (SSSR count). The molecule has 1 aliphatic heterocycles. The van der Waals surface area contributed by atoms with E-state index < -0.39 is 85.2 Å². The van der Waals surface area contributed by atoms with Gasteiger partial charge < -0.3 is 51.0 Å². The smallest absolute Gasteiger partial charge is 0.408 e. The Morgan fingerprint density at radius 2 is 1.12 bits per heavy atom. The monoisotopic (exact) mass is 938 g/mol. The first-order valence-corrected chi connectivity index (χ1v) is 26.0. The van der Waals surface area contributed by atoms with E-state index in [-0.39, 0.29) is 12.3 Å². The minimum absolute atomic E-state index is 0.200. The summed E-state index contributed by atoms with van der Waals surface area (Å²) in [7, 11) is 0. The molecule has 66 heavy (non-hydrogen) atoms. The van der Waals surface area contributed by atoms with Crippen molar-refractivity contribution in [2.75, 3.05) is 19.7 Å². The van der Waals surface area contributed by atoms with Gasteiger partial charge in [-0.25, -0.2) is 4.79 Å². The Morgan fingerprint density at radius 3 is 1.62 bits per heavy atom. The maximum absolute atomic E-state index is 14.1. The number of unbranched alkanes of at least 4 members (excludes halogenated alkanes) is 22. The molecule has 15 nitrogen and oxygen atoms in total. The van der Waals surface area contributed by atoms with Crippen LogP contribution in [0.3, 0.4) is 0 Å². The largest absolute Gasteiger partial charge is 0.444 e. The van der Waals surface area contributed by atoms with Gasteiger partial charge in [0, 0.05) is 13.0 Å². The summed E-state index contributed by atoms with van der Waals surface area (Å²) >= 11 is 0. The molecule has 0 unspecified atom stereocenters. The van der Waals surface area contributed by atoms with Crippen LogP contribution in [-0.4, -0.2) is 118 Å². The van der Waals surface area contributed by atoms with Crippen molar-refractivity contribution in [3.8, 4) is 0 Å². The van der Waals surface area contributed by atoms with Crippen molar-refractivity contribution < 1.29 is 48.8 Å². The lowest BCUT2D eigenvalue weighted by Crippen LogP contribution is -2.69. The third-order valence-electron chi connectivity index (χ3n) is 12.1. The second-order valence-corrected chi connectivity index (χ2v) is 19.4. The molecule has 0 aliphatic carbocycles. The molecule has 7 N–H and O–H groups in total. The molecule has 0 radical (unpaired) electrons. The van der Waals surface area contributed by atoms with E-state index in [4.69, 9.17) is 9.47 Å². The summed E-state index contributed by atoms with van der Waals surface area (Å²) in [6.45, 7) is 11.5. The highest BCUT2D eigenvalue weighted by Crippen LogP contribution is 2.26. The third-order valence-corrected chi connectivity index (χ3v) is 12.1. The van der Waals surface area contributed by atoms with Crippen molar-refractivity contribution in [3.05, 3.63) is 12.2 Å². The highest BCUT2D eigenvalue weighted by atomic mass is 16.6. The molecule has 0 aromatic rings. The average Bonchev–Trinajstić information content (AvgIpc) is 3.26. The van der Waals surface area contributed by atoms with Crippen molar-refractivity contribution in [2.45, 2.75) is 264 Å². The molecule has 1 saturated heterocycles. The van der Waals surface area contributed by atoms with Crippen molar-refractivity contribution in [3.63, 3.8) is 0 Å². The van der Waals surface area contributed by atoms with Crippen molar-refractivity contribution in [2.24, 2.45) is 0 Å². The van der Waals surface area contributed by atoms with E-state index in [9.17, 15) is 39.3 Å². The first kappa shape index (κ1) is 60.7. The molecule has 1 heterocycles. The van der Waals surface area contributed by atoms with Gasteiger partial charge in [0.25, 0.3) is 0 Å². The molecular weight excluding hydrogens is 843 g/mol. The van der Waals surface area contributed by atoms with Gasteiger partial charge >= 0.3 is 6.09 Å². The van der Waals surface area contributed by atoms with E-state index in [1.54, 1.807) is 20.8 Å². The zero-order valence-corrected chi connectivity index (χ0v) is 42.3. The Kier molecular flexibility index (Phi) is 33.8. The zero-order valence-electron chi connectivity index (χ0n) is 42.3. The number of ether oxygens (including phenoxy) is 2. The van der Waals surface area contributed by atoms with Crippen molar-refractivity contribution >= 4 is 29.7 Å². The van der Waals surface area contributed by atoms with Gasteiger partial charge in [-0.3, -0.25) is 19.2 Å². The van der Waals surface area contributed by atoms with Gasteiger partial charge in [0.15, 0.2) is 6.23 Å². The van der Waals surface area contributed by atoms with Crippen molar-refractivity contribution in [1.29, 1.82) is 0 Å². The molecular formula is C51H95N5O10. The van der Waals surface area contributed by atoms with E-state index in [0.717, 1.165) is 57.8 Å². The number of amides is 5. The van der Waals surface area contributed by atoms with Crippen LogP contribution in [0.1, 0.15) is 215 Å². The summed E-state index contributed by atoms with van der Waals surface area (Å²) in [6.07, 6.45) is 26.9. The van der Waals surface area contributed by atoms with Crippen LogP contribution in [0.15, 0.2) is 12.2 Å². The van der Waals surface area contributed by atoms with Crippen molar-refractivity contribution in [1.82, 2.24) is 26.2 Å². The van der Waals surface area contributed by atoms with Gasteiger partial charge in [-0.2, -0.15) is 0 Å².